The number of nitrogens with zero attached hydrogens (tertiary/aromatic N) is 2. The quantitative estimate of drug-likeness (QED) is 0.208. The van der Waals surface area contributed by atoms with Gasteiger partial charge in [-0.1, -0.05) is 158 Å². The smallest absolute Gasteiger partial charge is 0.160 e. The van der Waals surface area contributed by atoms with Crippen molar-refractivity contribution >= 4 is 11.7 Å². The fraction of sp³-hybridized carbons (Fsp3) is 0.0435. The lowest BCUT2D eigenvalue weighted by Crippen LogP contribution is -2.34. The van der Waals surface area contributed by atoms with E-state index in [1.807, 2.05) is 24.3 Å². The second kappa shape index (κ2) is 11.3. The predicted octanol–water partition coefficient (Wildman–Crippen LogP) is 10.3. The van der Waals surface area contributed by atoms with Crippen molar-refractivity contribution in [2.45, 2.75) is 11.6 Å². The molecule has 1 N–H and O–H groups in total. The Morgan fingerprint density at radius 1 is 0.480 bits per heavy atom. The molecule has 0 saturated carbocycles. The Morgan fingerprint density at radius 3 is 1.90 bits per heavy atom. The van der Waals surface area contributed by atoms with Gasteiger partial charge in [-0.15, -0.1) is 0 Å². The second-order valence-corrected chi connectivity index (χ2v) is 12.9. The highest BCUT2D eigenvalue weighted by Crippen LogP contribution is 2.63. The van der Waals surface area contributed by atoms with Gasteiger partial charge in [0.05, 0.1) is 5.41 Å². The summed E-state index contributed by atoms with van der Waals surface area (Å²) in [5.74, 6) is 3.24. The number of para-hydroxylation sites is 1. The molecule has 1 spiro atoms. The van der Waals surface area contributed by atoms with Gasteiger partial charge in [0, 0.05) is 22.3 Å². The second-order valence-electron chi connectivity index (χ2n) is 12.9. The van der Waals surface area contributed by atoms with E-state index in [-0.39, 0.29) is 6.17 Å². The van der Waals surface area contributed by atoms with Crippen LogP contribution in [0, 0.1) is 0 Å². The average Bonchev–Trinajstić information content (AvgIpc) is 3.49. The molecule has 2 heterocycles. The van der Waals surface area contributed by atoms with E-state index < -0.39 is 5.41 Å². The molecular weight excluding hydrogens is 611 g/mol. The minimum absolute atomic E-state index is 0.293. The van der Waals surface area contributed by atoms with Crippen LogP contribution in [0.5, 0.6) is 11.5 Å². The number of hydrogen-bond donors (Lipinski definition) is 1. The number of aliphatic imine (C=N–C) groups is 2. The molecule has 2 unspecified atom stereocenters. The Bertz CT molecular complexity index is 2490. The third-order valence-corrected chi connectivity index (χ3v) is 10.2. The monoisotopic (exact) mass is 641 g/mol. The average molecular weight is 642 g/mol. The largest absolute Gasteiger partial charge is 0.457 e. The highest BCUT2D eigenvalue weighted by molar-refractivity contribution is 6.16. The van der Waals surface area contributed by atoms with E-state index in [0.717, 1.165) is 56.3 Å². The highest BCUT2D eigenvalue weighted by atomic mass is 16.5. The molecule has 0 radical (unpaired) electrons. The van der Waals surface area contributed by atoms with E-state index in [0.29, 0.717) is 5.84 Å². The van der Waals surface area contributed by atoms with Gasteiger partial charge in [0.2, 0.25) is 0 Å². The maximum absolute atomic E-state index is 6.70. The molecule has 4 nitrogen and oxygen atoms in total. The number of fused-ring (bicyclic) bond motifs is 9. The number of ether oxygens (including phenoxy) is 1. The normalized spacial score (nSPS) is 18.0. The van der Waals surface area contributed by atoms with Crippen LogP contribution < -0.4 is 10.1 Å². The van der Waals surface area contributed by atoms with Crippen LogP contribution in [0.3, 0.4) is 0 Å². The van der Waals surface area contributed by atoms with E-state index >= 15 is 0 Å². The van der Waals surface area contributed by atoms with Crippen LogP contribution in [0.2, 0.25) is 0 Å². The van der Waals surface area contributed by atoms with Gasteiger partial charge < -0.3 is 10.1 Å². The van der Waals surface area contributed by atoms with Crippen LogP contribution in [0.1, 0.15) is 45.1 Å². The molecule has 0 amide bonds. The first-order valence-corrected chi connectivity index (χ1v) is 17.0. The van der Waals surface area contributed by atoms with Crippen molar-refractivity contribution in [2.75, 3.05) is 0 Å². The number of benzene rings is 7. The highest BCUT2D eigenvalue weighted by Gasteiger charge is 2.52. The Morgan fingerprint density at radius 2 is 1.10 bits per heavy atom. The molecule has 7 aromatic rings. The number of rotatable bonds is 4. The van der Waals surface area contributed by atoms with Gasteiger partial charge in [-0.05, 0) is 57.1 Å². The summed E-state index contributed by atoms with van der Waals surface area (Å²) in [6, 6.07) is 61.9. The van der Waals surface area contributed by atoms with Crippen molar-refractivity contribution in [3.8, 4) is 33.8 Å². The molecule has 2 atom stereocenters. The van der Waals surface area contributed by atoms with Crippen LogP contribution in [0.4, 0.5) is 0 Å². The number of amidine groups is 2. The third-order valence-electron chi connectivity index (χ3n) is 10.2. The Labute approximate surface area is 291 Å². The summed E-state index contributed by atoms with van der Waals surface area (Å²) in [4.78, 5) is 10.6. The standard InChI is InChI=1S/C46H31N3O/c1-4-15-30(16-5-1)33-27-28-41-39(29-33)46(37-24-12-13-26-40(37)50-41)36-23-11-10-21-34(36)42-35(22-14-25-38(42)46)45-48-43(31-17-6-2-7-18-31)47-44(49-45)32-19-8-3-9-20-32/h1-29,43H,(H,47,48,49). The molecule has 0 aromatic heterocycles. The maximum Gasteiger partial charge on any atom is 0.160 e. The van der Waals surface area contributed by atoms with Crippen LogP contribution >= 0.6 is 0 Å². The van der Waals surface area contributed by atoms with Crippen LogP contribution in [-0.2, 0) is 5.41 Å². The minimum Gasteiger partial charge on any atom is -0.457 e. The van der Waals surface area contributed by atoms with Crippen molar-refractivity contribution in [3.63, 3.8) is 0 Å². The first-order chi connectivity index (χ1) is 24.8. The van der Waals surface area contributed by atoms with Crippen LogP contribution in [-0.4, -0.2) is 11.7 Å². The number of hydrogen-bond acceptors (Lipinski definition) is 4. The molecule has 2 aliphatic heterocycles. The minimum atomic E-state index is -0.616. The lowest BCUT2D eigenvalue weighted by atomic mass is 9.65. The molecular formula is C46H31N3O. The van der Waals surface area contributed by atoms with Gasteiger partial charge in [-0.25, -0.2) is 9.98 Å². The van der Waals surface area contributed by atoms with Gasteiger partial charge in [0.1, 0.15) is 23.5 Å². The van der Waals surface area contributed by atoms with Gasteiger partial charge in [0.25, 0.3) is 0 Å². The Hall–Kier alpha value is -6.52. The lowest BCUT2D eigenvalue weighted by molar-refractivity contribution is 0.436. The van der Waals surface area contributed by atoms with Crippen molar-refractivity contribution in [2.24, 2.45) is 9.98 Å². The summed E-state index contributed by atoms with van der Waals surface area (Å²) in [5.41, 5.74) is 11.8. The van der Waals surface area contributed by atoms with Crippen LogP contribution in [0.15, 0.2) is 186 Å². The molecule has 0 saturated heterocycles. The van der Waals surface area contributed by atoms with Crippen molar-refractivity contribution in [1.29, 1.82) is 0 Å². The topological polar surface area (TPSA) is 46.0 Å². The zero-order chi connectivity index (χ0) is 33.1. The van der Waals surface area contributed by atoms with E-state index in [1.54, 1.807) is 0 Å². The third kappa shape index (κ3) is 4.25. The van der Waals surface area contributed by atoms with Gasteiger partial charge in [-0.2, -0.15) is 0 Å². The SMILES string of the molecule is c1ccc(C2=NC(c3cccc4c3-c3ccccc3C43c4ccccc4Oc4ccc(-c5ccccc5)cc43)=NC(c3ccccc3)N2)cc1. The molecule has 10 rings (SSSR count). The predicted molar refractivity (Wildman–Crippen MR) is 201 cm³/mol. The zero-order valence-electron chi connectivity index (χ0n) is 27.1. The lowest BCUT2D eigenvalue weighted by Gasteiger charge is -2.39. The molecule has 7 aromatic carbocycles. The van der Waals surface area contributed by atoms with Crippen LogP contribution in [0.25, 0.3) is 22.3 Å². The zero-order valence-corrected chi connectivity index (χ0v) is 27.1. The summed E-state index contributed by atoms with van der Waals surface area (Å²) < 4.78 is 6.70. The molecule has 0 bridgehead atoms. The molecule has 236 valence electrons. The van der Waals surface area contributed by atoms with Crippen molar-refractivity contribution in [1.82, 2.24) is 5.32 Å². The van der Waals surface area contributed by atoms with E-state index in [1.165, 1.54) is 22.3 Å². The molecule has 1 aliphatic carbocycles. The van der Waals surface area contributed by atoms with E-state index in [9.17, 15) is 0 Å². The molecule has 0 fully saturated rings. The van der Waals surface area contributed by atoms with E-state index in [2.05, 4.69) is 157 Å². The van der Waals surface area contributed by atoms with Crippen molar-refractivity contribution in [3.05, 3.63) is 215 Å². The van der Waals surface area contributed by atoms with Crippen molar-refractivity contribution < 1.29 is 4.74 Å². The summed E-state index contributed by atoms with van der Waals surface area (Å²) >= 11 is 0. The summed E-state index contributed by atoms with van der Waals surface area (Å²) in [6.07, 6.45) is -0.293. The number of nitrogens with one attached hydrogen (secondary N) is 1. The molecule has 3 aliphatic rings. The van der Waals surface area contributed by atoms with Gasteiger partial charge >= 0.3 is 0 Å². The van der Waals surface area contributed by atoms with E-state index in [4.69, 9.17) is 14.7 Å². The fourth-order valence-electron chi connectivity index (χ4n) is 8.06. The fourth-order valence-corrected chi connectivity index (χ4v) is 8.06. The maximum atomic E-state index is 6.70. The summed E-state index contributed by atoms with van der Waals surface area (Å²) in [5, 5.41) is 3.62. The summed E-state index contributed by atoms with van der Waals surface area (Å²) in [6.45, 7) is 0. The van der Waals surface area contributed by atoms with Gasteiger partial charge in [0.15, 0.2) is 5.84 Å². The molecule has 4 heteroatoms. The first kappa shape index (κ1) is 28.5. The molecule has 50 heavy (non-hydrogen) atoms. The Balaban J connectivity index is 1.26. The first-order valence-electron chi connectivity index (χ1n) is 17.0. The summed E-state index contributed by atoms with van der Waals surface area (Å²) in [7, 11) is 0. The van der Waals surface area contributed by atoms with Gasteiger partial charge in [-0.3, -0.25) is 0 Å². The Kier molecular flexibility index (Phi) is 6.43.